The van der Waals surface area contributed by atoms with Crippen molar-refractivity contribution in [2.75, 3.05) is 7.11 Å². The van der Waals surface area contributed by atoms with Crippen LogP contribution in [0.4, 0.5) is 0 Å². The van der Waals surface area contributed by atoms with Gasteiger partial charge in [-0.25, -0.2) is 9.59 Å². The molecule has 5 rings (SSSR count). The van der Waals surface area contributed by atoms with Gasteiger partial charge in [0.05, 0.1) is 23.3 Å². The van der Waals surface area contributed by atoms with Crippen LogP contribution in [0, 0.1) is 30.1 Å². The average Bonchev–Trinajstić information content (AvgIpc) is 3.10. The Morgan fingerprint density at radius 2 is 1.35 bits per heavy atom. The van der Waals surface area contributed by atoms with E-state index in [0.717, 1.165) is 11.1 Å². The van der Waals surface area contributed by atoms with Crippen molar-refractivity contribution >= 4 is 21.4 Å². The molecular formula is C36H39O6P. The van der Waals surface area contributed by atoms with Crippen LogP contribution in [0.2, 0.25) is 0 Å². The van der Waals surface area contributed by atoms with Crippen LogP contribution >= 0.6 is 9.47 Å². The molecule has 0 amide bonds. The van der Waals surface area contributed by atoms with E-state index < -0.39 is 41.6 Å². The van der Waals surface area contributed by atoms with E-state index in [1.54, 1.807) is 55.6 Å². The summed E-state index contributed by atoms with van der Waals surface area (Å²) in [5.41, 5.74) is 2.23. The lowest BCUT2D eigenvalue weighted by Crippen LogP contribution is -2.50. The summed E-state index contributed by atoms with van der Waals surface area (Å²) in [6.45, 7) is 6.19. The lowest BCUT2D eigenvalue weighted by molar-refractivity contribution is -0.118. The second kappa shape index (κ2) is 13.4. The van der Waals surface area contributed by atoms with E-state index in [0.29, 0.717) is 11.1 Å². The van der Waals surface area contributed by atoms with Gasteiger partial charge in [0.15, 0.2) is 0 Å². The molecule has 3 aromatic rings. The molecular weight excluding hydrogens is 559 g/mol. The van der Waals surface area contributed by atoms with Gasteiger partial charge in [-0.05, 0) is 42.3 Å². The third-order valence-electron chi connectivity index (χ3n) is 9.13. The number of hydrogen-bond donors (Lipinski definition) is 0. The molecule has 1 fully saturated rings. The summed E-state index contributed by atoms with van der Waals surface area (Å²) >= 11 is 0. The van der Waals surface area contributed by atoms with Crippen molar-refractivity contribution in [2.45, 2.75) is 45.2 Å². The SMILES string of the molecule is COC(c1ccccc1C)C1C(OC(=O)c2ccccc2)C(OC(=O)c2ccccc2)[C@@H](C)C(OP)[C@H]2C=CC=CC12C. The summed E-state index contributed by atoms with van der Waals surface area (Å²) in [6, 6.07) is 25.8. The zero-order chi connectivity index (χ0) is 30.6. The number of carbonyl (C=O) groups excluding carboxylic acids is 2. The highest BCUT2D eigenvalue weighted by atomic mass is 31.0. The average molecular weight is 599 g/mol. The van der Waals surface area contributed by atoms with Gasteiger partial charge in [-0.3, -0.25) is 0 Å². The monoisotopic (exact) mass is 598 g/mol. The Morgan fingerprint density at radius 3 is 1.91 bits per heavy atom. The second-order valence-electron chi connectivity index (χ2n) is 11.6. The van der Waals surface area contributed by atoms with E-state index in [4.69, 9.17) is 18.7 Å². The van der Waals surface area contributed by atoms with Crippen LogP contribution < -0.4 is 0 Å². The molecule has 1 saturated carbocycles. The highest BCUT2D eigenvalue weighted by Crippen LogP contribution is 2.56. The molecule has 0 N–H and O–H groups in total. The predicted molar refractivity (Wildman–Crippen MR) is 169 cm³/mol. The Bertz CT molecular complexity index is 1470. The number of hydrogen-bond acceptors (Lipinski definition) is 6. The molecule has 7 heteroatoms. The zero-order valence-electron chi connectivity index (χ0n) is 25.0. The largest absolute Gasteiger partial charge is 0.454 e. The quantitative estimate of drug-likeness (QED) is 0.200. The van der Waals surface area contributed by atoms with Crippen LogP contribution in [-0.2, 0) is 18.7 Å². The fourth-order valence-corrected chi connectivity index (χ4v) is 7.28. The number of aryl methyl sites for hydroxylation is 1. The van der Waals surface area contributed by atoms with Gasteiger partial charge in [0.25, 0.3) is 0 Å². The molecule has 2 aliphatic carbocycles. The topological polar surface area (TPSA) is 71.1 Å². The molecule has 6 nitrogen and oxygen atoms in total. The Morgan fingerprint density at radius 1 is 0.791 bits per heavy atom. The van der Waals surface area contributed by atoms with E-state index in [9.17, 15) is 9.59 Å². The van der Waals surface area contributed by atoms with E-state index >= 15 is 0 Å². The van der Waals surface area contributed by atoms with Crippen LogP contribution in [0.25, 0.3) is 0 Å². The first-order chi connectivity index (χ1) is 20.8. The number of allylic oxidation sites excluding steroid dienone is 3. The minimum Gasteiger partial charge on any atom is -0.454 e. The second-order valence-corrected chi connectivity index (χ2v) is 11.9. The molecule has 3 aromatic carbocycles. The maximum absolute atomic E-state index is 13.8. The lowest BCUT2D eigenvalue weighted by atomic mass is 9.61. The number of carbonyl (C=O) groups is 2. The number of methoxy groups -OCH3 is 1. The maximum Gasteiger partial charge on any atom is 0.338 e. The van der Waals surface area contributed by atoms with E-state index in [1.807, 2.05) is 62.4 Å². The van der Waals surface area contributed by atoms with Gasteiger partial charge in [0, 0.05) is 39.7 Å². The maximum atomic E-state index is 13.8. The predicted octanol–water partition coefficient (Wildman–Crippen LogP) is 7.32. The van der Waals surface area contributed by atoms with Crippen LogP contribution in [-0.4, -0.2) is 37.4 Å². The van der Waals surface area contributed by atoms with Crippen molar-refractivity contribution in [1.82, 2.24) is 0 Å². The summed E-state index contributed by atoms with van der Waals surface area (Å²) in [7, 11) is 4.09. The third-order valence-corrected chi connectivity index (χ3v) is 9.44. The standard InChI is InChI=1S/C36H39O6P/c1-23-15-11-12-20-27(23)32(39-4)29-33(41-35(38)26-18-9-6-10-19-26)31(40-34(37)25-16-7-5-8-17-25)24(2)30(42-43)28-21-13-14-22-36(28,29)3/h5-22,24,28-33H,43H2,1-4H3/t24-,28+,29?,30?,31?,32?,33?,36?/m0/s1. The number of fused-ring (bicyclic) bond motifs is 1. The van der Waals surface area contributed by atoms with Crippen LogP contribution in [0.1, 0.15) is 51.8 Å². The minimum atomic E-state index is -0.895. The molecule has 9 atom stereocenters. The number of esters is 2. The van der Waals surface area contributed by atoms with Gasteiger partial charge in [-0.15, -0.1) is 0 Å². The van der Waals surface area contributed by atoms with Crippen molar-refractivity contribution in [1.29, 1.82) is 0 Å². The fraction of sp³-hybridized carbons (Fsp3) is 0.333. The number of rotatable bonds is 8. The smallest absolute Gasteiger partial charge is 0.338 e. The van der Waals surface area contributed by atoms with Crippen molar-refractivity contribution < 1.29 is 28.3 Å². The van der Waals surface area contributed by atoms with Crippen molar-refractivity contribution in [2.24, 2.45) is 23.2 Å². The Hall–Kier alpha value is -3.57. The van der Waals surface area contributed by atoms with Crippen molar-refractivity contribution in [3.8, 4) is 0 Å². The van der Waals surface area contributed by atoms with Gasteiger partial charge >= 0.3 is 11.9 Å². The van der Waals surface area contributed by atoms with Crippen molar-refractivity contribution in [3.63, 3.8) is 0 Å². The summed E-state index contributed by atoms with van der Waals surface area (Å²) in [5, 5.41) is 0. The molecule has 0 radical (unpaired) electrons. The van der Waals surface area contributed by atoms with E-state index in [-0.39, 0.29) is 17.9 Å². The molecule has 0 saturated heterocycles. The normalized spacial score (nSPS) is 28.8. The molecule has 224 valence electrons. The Balaban J connectivity index is 1.72. The molecule has 43 heavy (non-hydrogen) atoms. The molecule has 0 aromatic heterocycles. The third kappa shape index (κ3) is 6.10. The van der Waals surface area contributed by atoms with Gasteiger partial charge < -0.3 is 18.7 Å². The fourth-order valence-electron chi connectivity index (χ4n) is 6.86. The molecule has 0 heterocycles. The zero-order valence-corrected chi connectivity index (χ0v) is 26.1. The summed E-state index contributed by atoms with van der Waals surface area (Å²) in [6.07, 6.45) is 5.68. The summed E-state index contributed by atoms with van der Waals surface area (Å²) < 4.78 is 25.4. The lowest BCUT2D eigenvalue weighted by Gasteiger charge is -2.47. The Kier molecular flexibility index (Phi) is 9.61. The first-order valence-electron chi connectivity index (χ1n) is 14.6. The summed E-state index contributed by atoms with van der Waals surface area (Å²) in [5.74, 6) is -1.97. The molecule has 2 aliphatic rings. The number of ether oxygens (including phenoxy) is 3. The number of benzene rings is 3. The van der Waals surface area contributed by atoms with Crippen LogP contribution in [0.5, 0.6) is 0 Å². The van der Waals surface area contributed by atoms with E-state index in [2.05, 4.69) is 28.5 Å². The van der Waals surface area contributed by atoms with Gasteiger partial charge in [-0.1, -0.05) is 98.8 Å². The molecule has 7 unspecified atom stereocenters. The highest BCUT2D eigenvalue weighted by molar-refractivity contribution is 7.09. The van der Waals surface area contributed by atoms with Gasteiger partial charge in [0.1, 0.15) is 12.2 Å². The van der Waals surface area contributed by atoms with Gasteiger partial charge in [0.2, 0.25) is 0 Å². The summed E-state index contributed by atoms with van der Waals surface area (Å²) in [4.78, 5) is 27.5. The van der Waals surface area contributed by atoms with Crippen LogP contribution in [0.3, 0.4) is 0 Å². The first-order valence-corrected chi connectivity index (χ1v) is 15.1. The molecule has 0 spiro atoms. The molecule has 0 bridgehead atoms. The van der Waals surface area contributed by atoms with Gasteiger partial charge in [-0.2, -0.15) is 0 Å². The van der Waals surface area contributed by atoms with Crippen LogP contribution in [0.15, 0.2) is 109 Å². The minimum absolute atomic E-state index is 0.143. The van der Waals surface area contributed by atoms with Crippen molar-refractivity contribution in [3.05, 3.63) is 131 Å². The van der Waals surface area contributed by atoms with E-state index in [1.165, 1.54) is 0 Å². The first kappa shape index (κ1) is 30.9. The molecule has 0 aliphatic heterocycles. The Labute approximate surface area is 256 Å². The highest BCUT2D eigenvalue weighted by Gasteiger charge is 2.59.